The maximum atomic E-state index is 11.2. The third kappa shape index (κ3) is 7.13. The van der Waals surface area contributed by atoms with Gasteiger partial charge in [-0.2, -0.15) is 0 Å². The molecule has 150 valence electrons. The van der Waals surface area contributed by atoms with Crippen molar-refractivity contribution in [2.24, 2.45) is 0 Å². The SMILES string of the molecule is CCN(CC)c1ccc(C[NH][Co])c(O)c1.CCNC(=O)c1ccccc1O. The van der Waals surface area contributed by atoms with Crippen LogP contribution in [0.4, 0.5) is 5.69 Å². The number of hydrogen-bond donors (Lipinski definition) is 4. The summed E-state index contributed by atoms with van der Waals surface area (Å²) in [6.45, 7) is 9.04. The van der Waals surface area contributed by atoms with Gasteiger partial charge in [-0.3, -0.25) is 4.79 Å². The van der Waals surface area contributed by atoms with Crippen LogP contribution in [0.5, 0.6) is 11.5 Å². The van der Waals surface area contributed by atoms with Crippen molar-refractivity contribution in [2.75, 3.05) is 24.5 Å². The minimum atomic E-state index is -0.240. The molecule has 2 aromatic carbocycles. The molecule has 0 unspecified atom stereocenters. The number of carbonyl (C=O) groups is 1. The second-order valence-electron chi connectivity index (χ2n) is 5.66. The molecule has 0 saturated carbocycles. The number of anilines is 1. The number of para-hydroxylation sites is 1. The van der Waals surface area contributed by atoms with Crippen LogP contribution in [0.2, 0.25) is 0 Å². The van der Waals surface area contributed by atoms with E-state index in [1.807, 2.05) is 19.1 Å². The normalized spacial score (nSPS) is 9.96. The molecular formula is C20H28CoN3O3. The first-order valence-electron chi connectivity index (χ1n) is 8.92. The third-order valence-electron chi connectivity index (χ3n) is 3.93. The van der Waals surface area contributed by atoms with Gasteiger partial charge in [0.05, 0.1) is 5.56 Å². The van der Waals surface area contributed by atoms with Crippen LogP contribution in [0.25, 0.3) is 0 Å². The molecule has 2 aromatic rings. The first-order chi connectivity index (χ1) is 13.0. The number of amides is 1. The Bertz CT molecular complexity index is 721. The first kappa shape index (κ1) is 22.8. The fourth-order valence-corrected chi connectivity index (χ4v) is 2.67. The summed E-state index contributed by atoms with van der Waals surface area (Å²) in [5, 5.41) is 21.6. The van der Waals surface area contributed by atoms with Gasteiger partial charge in [0.2, 0.25) is 0 Å². The molecule has 0 aliphatic rings. The van der Waals surface area contributed by atoms with Crippen molar-refractivity contribution in [2.45, 2.75) is 27.3 Å². The molecule has 0 atom stereocenters. The molecular weight excluding hydrogens is 389 g/mol. The molecule has 4 N–H and O–H groups in total. The summed E-state index contributed by atoms with van der Waals surface area (Å²) in [7, 11) is 0. The maximum absolute atomic E-state index is 11.2. The molecule has 27 heavy (non-hydrogen) atoms. The Morgan fingerprint density at radius 3 is 2.22 bits per heavy atom. The number of aromatic hydroxyl groups is 2. The molecule has 0 aliphatic carbocycles. The van der Waals surface area contributed by atoms with Gasteiger partial charge in [-0.1, -0.05) is 12.1 Å². The minimum absolute atomic E-state index is 0.0171. The third-order valence-corrected chi connectivity index (χ3v) is 4.12. The fraction of sp³-hybridized carbons (Fsp3) is 0.350. The Hall–Kier alpha value is -2.22. The van der Waals surface area contributed by atoms with E-state index in [0.29, 0.717) is 24.4 Å². The van der Waals surface area contributed by atoms with Crippen LogP contribution in [0.15, 0.2) is 42.5 Å². The van der Waals surface area contributed by atoms with E-state index < -0.39 is 0 Å². The molecule has 0 aliphatic heterocycles. The van der Waals surface area contributed by atoms with Crippen LogP contribution in [-0.4, -0.2) is 35.8 Å². The van der Waals surface area contributed by atoms with Crippen molar-refractivity contribution in [3.8, 4) is 11.5 Å². The smallest absolute Gasteiger partial charge is 0.255 e. The second-order valence-corrected chi connectivity index (χ2v) is 6.02. The Morgan fingerprint density at radius 2 is 1.70 bits per heavy atom. The van der Waals surface area contributed by atoms with Crippen LogP contribution < -0.4 is 14.6 Å². The van der Waals surface area contributed by atoms with Gasteiger partial charge >= 0.3 is 99.0 Å². The quantitative estimate of drug-likeness (QED) is 0.557. The van der Waals surface area contributed by atoms with Crippen LogP contribution in [0, 0.1) is 0 Å². The van der Waals surface area contributed by atoms with E-state index in [-0.39, 0.29) is 11.7 Å². The minimum Gasteiger partial charge on any atom is -0.507 e. The molecule has 0 spiro atoms. The van der Waals surface area contributed by atoms with Crippen molar-refractivity contribution in [3.05, 3.63) is 53.6 Å². The van der Waals surface area contributed by atoms with Crippen molar-refractivity contribution in [1.29, 1.82) is 0 Å². The number of phenolic OH excluding ortho intramolecular Hbond substituents is 2. The Labute approximate surface area is 169 Å². The number of nitrogens with zero attached hydrogens (tertiary/aromatic N) is 1. The van der Waals surface area contributed by atoms with Crippen LogP contribution in [0.1, 0.15) is 36.7 Å². The molecule has 2 rings (SSSR count). The van der Waals surface area contributed by atoms with Crippen molar-refractivity contribution >= 4 is 11.6 Å². The zero-order chi connectivity index (χ0) is 20.2. The second kappa shape index (κ2) is 12.2. The summed E-state index contributed by atoms with van der Waals surface area (Å²) in [5.74, 6) is 0.0961. The van der Waals surface area contributed by atoms with Crippen molar-refractivity contribution < 1.29 is 31.0 Å². The van der Waals surface area contributed by atoms with Gasteiger partial charge in [-0.25, -0.2) is 0 Å². The number of nitrogens with one attached hydrogen (secondary N) is 2. The standard InChI is InChI=1S/C11H17N2O.C9H11NO2.Co/c1-3-13(4-2)10-6-5-9(8-12)11(14)7-10;1-2-10-9(12)7-5-3-4-6-8(7)11;/h5-7,12,14H,3-4,8H2,1-2H3;3-6,11H,2H2,1H3,(H,10,12);/q-1;;+1. The molecule has 7 heteroatoms. The van der Waals surface area contributed by atoms with Gasteiger partial charge in [0.1, 0.15) is 5.75 Å². The summed E-state index contributed by atoms with van der Waals surface area (Å²) < 4.78 is 2.72. The number of benzene rings is 2. The molecule has 1 amide bonds. The van der Waals surface area contributed by atoms with E-state index in [9.17, 15) is 15.0 Å². The van der Waals surface area contributed by atoms with Gasteiger partial charge in [-0.15, -0.1) is 0 Å². The van der Waals surface area contributed by atoms with Gasteiger partial charge in [0.15, 0.2) is 0 Å². The number of carbonyl (C=O) groups excluding carboxylic acids is 1. The summed E-state index contributed by atoms with van der Waals surface area (Å²) in [4.78, 5) is 13.4. The Morgan fingerprint density at radius 1 is 1.04 bits per heavy atom. The number of phenols is 2. The van der Waals surface area contributed by atoms with E-state index >= 15 is 0 Å². The molecule has 0 bridgehead atoms. The van der Waals surface area contributed by atoms with E-state index in [0.717, 1.165) is 24.3 Å². The van der Waals surface area contributed by atoms with Crippen LogP contribution in [0.3, 0.4) is 0 Å². The van der Waals surface area contributed by atoms with Gasteiger partial charge in [0, 0.05) is 6.54 Å². The average Bonchev–Trinajstić information content (AvgIpc) is 2.66. The number of rotatable bonds is 7. The predicted molar refractivity (Wildman–Crippen MR) is 105 cm³/mol. The van der Waals surface area contributed by atoms with E-state index in [2.05, 4.69) is 44.4 Å². The zero-order valence-corrected chi connectivity index (χ0v) is 17.0. The van der Waals surface area contributed by atoms with Gasteiger partial charge < -0.3 is 10.4 Å². The van der Waals surface area contributed by atoms with E-state index in [4.69, 9.17) is 0 Å². The fourth-order valence-electron chi connectivity index (χ4n) is 2.47. The first-order valence-corrected chi connectivity index (χ1v) is 9.44. The average molecular weight is 417 g/mol. The van der Waals surface area contributed by atoms with E-state index in [1.54, 1.807) is 24.3 Å². The van der Waals surface area contributed by atoms with Crippen LogP contribution >= 0.6 is 0 Å². The molecule has 0 heterocycles. The topological polar surface area (TPSA) is 84.8 Å². The van der Waals surface area contributed by atoms with Crippen molar-refractivity contribution in [1.82, 2.24) is 9.68 Å². The molecule has 0 radical (unpaired) electrons. The molecule has 6 nitrogen and oxygen atoms in total. The monoisotopic (exact) mass is 417 g/mol. The van der Waals surface area contributed by atoms with Crippen LogP contribution in [-0.2, 0) is 22.5 Å². The van der Waals surface area contributed by atoms with E-state index in [1.165, 1.54) is 6.07 Å². The van der Waals surface area contributed by atoms with Gasteiger partial charge in [-0.05, 0) is 19.1 Å². The molecule has 0 fully saturated rings. The summed E-state index contributed by atoms with van der Waals surface area (Å²) in [6.07, 6.45) is 0. The Kier molecular flexibility index (Phi) is 10.3. The largest absolute Gasteiger partial charge is 0.507 e. The summed E-state index contributed by atoms with van der Waals surface area (Å²) in [5.41, 5.74) is 2.23. The summed E-state index contributed by atoms with van der Waals surface area (Å²) in [6, 6.07) is 12.2. The maximum Gasteiger partial charge on any atom is 0.255 e. The molecule has 0 saturated heterocycles. The predicted octanol–water partition coefficient (Wildman–Crippen LogP) is 2.93. The summed E-state index contributed by atoms with van der Waals surface area (Å²) >= 11 is 3.96. The van der Waals surface area contributed by atoms with Gasteiger partial charge in [0.25, 0.3) is 5.91 Å². The Balaban J connectivity index is 0.000000277. The zero-order valence-electron chi connectivity index (χ0n) is 16.0. The molecule has 0 aromatic heterocycles. The number of hydrogen-bond acceptors (Lipinski definition) is 5. The van der Waals surface area contributed by atoms with Crippen molar-refractivity contribution in [3.63, 3.8) is 0 Å².